The maximum atomic E-state index is 5.36. The summed E-state index contributed by atoms with van der Waals surface area (Å²) in [6, 6.07) is 2.13. The second-order valence-corrected chi connectivity index (χ2v) is 4.31. The molecule has 0 aliphatic carbocycles. The average molecular weight is 193 g/mol. The van der Waals surface area contributed by atoms with Crippen molar-refractivity contribution in [2.45, 2.75) is 32.6 Å². The summed E-state index contributed by atoms with van der Waals surface area (Å²) >= 11 is 0. The minimum absolute atomic E-state index is 0.649. The Hall–Kier alpha value is -0.760. The molecule has 0 amide bonds. The van der Waals surface area contributed by atoms with Crippen LogP contribution in [0.4, 0.5) is 0 Å². The van der Waals surface area contributed by atoms with Crippen molar-refractivity contribution < 1.29 is 4.42 Å². The minimum Gasteiger partial charge on any atom is -0.469 e. The first-order valence-electron chi connectivity index (χ1n) is 5.53. The molecule has 78 valence electrons. The summed E-state index contributed by atoms with van der Waals surface area (Å²) in [5, 5.41) is 3.41. The van der Waals surface area contributed by atoms with E-state index in [4.69, 9.17) is 4.42 Å². The standard InChI is InChI=1S/C12H19NO/c1-9(11-3-6-13-7-4-11)12-5-8-14-10(12)2/h5,8-9,11,13H,3-4,6-7H2,1-2H3. The van der Waals surface area contributed by atoms with Crippen molar-refractivity contribution in [2.24, 2.45) is 5.92 Å². The number of rotatable bonds is 2. The van der Waals surface area contributed by atoms with E-state index in [0.717, 1.165) is 11.7 Å². The summed E-state index contributed by atoms with van der Waals surface area (Å²) in [6.45, 7) is 6.73. The van der Waals surface area contributed by atoms with Crippen molar-refractivity contribution in [2.75, 3.05) is 13.1 Å². The highest BCUT2D eigenvalue weighted by Gasteiger charge is 2.23. The third-order valence-corrected chi connectivity index (χ3v) is 3.48. The van der Waals surface area contributed by atoms with Crippen LogP contribution in [0.25, 0.3) is 0 Å². The van der Waals surface area contributed by atoms with Gasteiger partial charge in [0.15, 0.2) is 0 Å². The van der Waals surface area contributed by atoms with E-state index in [1.165, 1.54) is 31.5 Å². The molecule has 1 N–H and O–H groups in total. The van der Waals surface area contributed by atoms with Gasteiger partial charge in [-0.05, 0) is 56.3 Å². The molecular weight excluding hydrogens is 174 g/mol. The van der Waals surface area contributed by atoms with Crippen LogP contribution in [-0.2, 0) is 0 Å². The molecular formula is C12H19NO. The lowest BCUT2D eigenvalue weighted by Crippen LogP contribution is -2.30. The third-order valence-electron chi connectivity index (χ3n) is 3.48. The Kier molecular flexibility index (Phi) is 2.92. The molecule has 2 heteroatoms. The quantitative estimate of drug-likeness (QED) is 0.781. The molecule has 1 atom stereocenters. The van der Waals surface area contributed by atoms with Gasteiger partial charge in [-0.3, -0.25) is 0 Å². The molecule has 0 radical (unpaired) electrons. The second kappa shape index (κ2) is 4.18. The maximum Gasteiger partial charge on any atom is 0.104 e. The van der Waals surface area contributed by atoms with E-state index in [9.17, 15) is 0 Å². The van der Waals surface area contributed by atoms with Gasteiger partial charge in [0.2, 0.25) is 0 Å². The Labute approximate surface area is 85.7 Å². The SMILES string of the molecule is Cc1occc1C(C)C1CCNCC1. The third kappa shape index (κ3) is 1.85. The zero-order valence-electron chi connectivity index (χ0n) is 9.05. The normalized spacial score (nSPS) is 21.0. The van der Waals surface area contributed by atoms with Gasteiger partial charge in [0.05, 0.1) is 6.26 Å². The van der Waals surface area contributed by atoms with Crippen molar-refractivity contribution in [1.29, 1.82) is 0 Å². The van der Waals surface area contributed by atoms with Crippen LogP contribution in [0, 0.1) is 12.8 Å². The van der Waals surface area contributed by atoms with E-state index in [1.54, 1.807) is 0 Å². The molecule has 0 spiro atoms. The van der Waals surface area contributed by atoms with Gasteiger partial charge < -0.3 is 9.73 Å². The topological polar surface area (TPSA) is 25.2 Å². The van der Waals surface area contributed by atoms with Crippen molar-refractivity contribution in [3.05, 3.63) is 23.7 Å². The molecule has 0 bridgehead atoms. The van der Waals surface area contributed by atoms with Crippen LogP contribution in [0.1, 0.15) is 37.0 Å². The zero-order chi connectivity index (χ0) is 9.97. The van der Waals surface area contributed by atoms with Crippen LogP contribution in [-0.4, -0.2) is 13.1 Å². The molecule has 14 heavy (non-hydrogen) atoms. The molecule has 0 saturated carbocycles. The smallest absolute Gasteiger partial charge is 0.104 e. The molecule has 1 saturated heterocycles. The number of furan rings is 1. The molecule has 1 aromatic heterocycles. The van der Waals surface area contributed by atoms with Crippen LogP contribution in [0.2, 0.25) is 0 Å². The molecule has 1 fully saturated rings. The fraction of sp³-hybridized carbons (Fsp3) is 0.667. The van der Waals surface area contributed by atoms with Gasteiger partial charge >= 0.3 is 0 Å². The second-order valence-electron chi connectivity index (χ2n) is 4.31. The molecule has 2 rings (SSSR count). The maximum absolute atomic E-state index is 5.36. The van der Waals surface area contributed by atoms with Gasteiger partial charge in [0.25, 0.3) is 0 Å². The lowest BCUT2D eigenvalue weighted by molar-refractivity contribution is 0.328. The Bertz CT molecular complexity index is 286. The van der Waals surface area contributed by atoms with E-state index in [0.29, 0.717) is 5.92 Å². The lowest BCUT2D eigenvalue weighted by atomic mass is 9.82. The first kappa shape index (κ1) is 9.78. The van der Waals surface area contributed by atoms with Gasteiger partial charge in [-0.15, -0.1) is 0 Å². The Balaban J connectivity index is 2.07. The first-order valence-corrected chi connectivity index (χ1v) is 5.53. The molecule has 2 nitrogen and oxygen atoms in total. The van der Waals surface area contributed by atoms with Gasteiger partial charge in [-0.25, -0.2) is 0 Å². The van der Waals surface area contributed by atoms with Crippen LogP contribution in [0.15, 0.2) is 16.7 Å². The van der Waals surface area contributed by atoms with E-state index < -0.39 is 0 Å². The predicted molar refractivity (Wildman–Crippen MR) is 57.5 cm³/mol. The number of hydrogen-bond donors (Lipinski definition) is 1. The summed E-state index contributed by atoms with van der Waals surface area (Å²) in [5.41, 5.74) is 1.40. The van der Waals surface area contributed by atoms with Gasteiger partial charge in [0.1, 0.15) is 5.76 Å². The van der Waals surface area contributed by atoms with Gasteiger partial charge in [-0.2, -0.15) is 0 Å². The number of hydrogen-bond acceptors (Lipinski definition) is 2. The highest BCUT2D eigenvalue weighted by molar-refractivity contribution is 5.21. The molecule has 1 aliphatic heterocycles. The highest BCUT2D eigenvalue weighted by Crippen LogP contribution is 2.32. The van der Waals surface area contributed by atoms with Crippen molar-refractivity contribution in [3.63, 3.8) is 0 Å². The predicted octanol–water partition coefficient (Wildman–Crippen LogP) is 2.69. The van der Waals surface area contributed by atoms with Crippen LogP contribution in [0.5, 0.6) is 0 Å². The summed E-state index contributed by atoms with van der Waals surface area (Å²) < 4.78 is 5.36. The minimum atomic E-state index is 0.649. The fourth-order valence-electron chi connectivity index (χ4n) is 2.47. The van der Waals surface area contributed by atoms with E-state index >= 15 is 0 Å². The highest BCUT2D eigenvalue weighted by atomic mass is 16.3. The zero-order valence-corrected chi connectivity index (χ0v) is 9.05. The number of aryl methyl sites for hydroxylation is 1. The average Bonchev–Trinajstić information content (AvgIpc) is 2.65. The largest absolute Gasteiger partial charge is 0.469 e. The molecule has 0 aromatic carbocycles. The summed E-state index contributed by atoms with van der Waals surface area (Å²) in [7, 11) is 0. The van der Waals surface area contributed by atoms with Gasteiger partial charge in [0, 0.05) is 0 Å². The summed E-state index contributed by atoms with van der Waals surface area (Å²) in [5.74, 6) is 2.57. The van der Waals surface area contributed by atoms with Crippen molar-refractivity contribution in [3.8, 4) is 0 Å². The Morgan fingerprint density at radius 2 is 2.14 bits per heavy atom. The van der Waals surface area contributed by atoms with Gasteiger partial charge in [-0.1, -0.05) is 6.92 Å². The van der Waals surface area contributed by atoms with Crippen molar-refractivity contribution in [1.82, 2.24) is 5.32 Å². The van der Waals surface area contributed by atoms with Crippen molar-refractivity contribution >= 4 is 0 Å². The van der Waals surface area contributed by atoms with Crippen LogP contribution >= 0.6 is 0 Å². The fourth-order valence-corrected chi connectivity index (χ4v) is 2.47. The molecule has 2 heterocycles. The molecule has 1 aliphatic rings. The number of nitrogens with one attached hydrogen (secondary N) is 1. The Morgan fingerprint density at radius 3 is 2.71 bits per heavy atom. The van der Waals surface area contributed by atoms with Crippen LogP contribution in [0.3, 0.4) is 0 Å². The molecule has 1 unspecified atom stereocenters. The van der Waals surface area contributed by atoms with E-state index in [1.807, 2.05) is 6.26 Å². The van der Waals surface area contributed by atoms with E-state index in [-0.39, 0.29) is 0 Å². The summed E-state index contributed by atoms with van der Waals surface area (Å²) in [6.07, 6.45) is 4.40. The van der Waals surface area contributed by atoms with Crippen LogP contribution < -0.4 is 5.32 Å². The lowest BCUT2D eigenvalue weighted by Gasteiger charge is -2.28. The number of piperidine rings is 1. The summed E-state index contributed by atoms with van der Waals surface area (Å²) in [4.78, 5) is 0. The molecule has 1 aromatic rings. The monoisotopic (exact) mass is 193 g/mol. The van der Waals surface area contributed by atoms with E-state index in [2.05, 4.69) is 25.2 Å². The first-order chi connectivity index (χ1) is 6.79. The Morgan fingerprint density at radius 1 is 1.43 bits per heavy atom.